The van der Waals surface area contributed by atoms with Crippen molar-refractivity contribution in [3.8, 4) is 0 Å². The van der Waals surface area contributed by atoms with Crippen molar-refractivity contribution in [1.29, 1.82) is 0 Å². The van der Waals surface area contributed by atoms with Gasteiger partial charge in [-0.2, -0.15) is 4.39 Å². The molecule has 0 aromatic heterocycles. The van der Waals surface area contributed by atoms with Gasteiger partial charge in [0.25, 0.3) is 5.85 Å². The molecule has 1 saturated carbocycles. The van der Waals surface area contributed by atoms with Crippen LogP contribution in [0.4, 0.5) is 4.39 Å². The lowest BCUT2D eigenvalue weighted by Crippen LogP contribution is -2.42. The molecule has 1 aliphatic carbocycles. The summed E-state index contributed by atoms with van der Waals surface area (Å²) in [6, 6.07) is 0. The summed E-state index contributed by atoms with van der Waals surface area (Å²) in [7, 11) is 0. The van der Waals surface area contributed by atoms with Gasteiger partial charge in [0, 0.05) is 12.8 Å². The SMILES string of the molecule is CC1(F)OC(=O)C2C(C1Cl)C2(C)C. The third-order valence-corrected chi connectivity index (χ3v) is 3.93. The van der Waals surface area contributed by atoms with E-state index < -0.39 is 17.2 Å². The van der Waals surface area contributed by atoms with E-state index in [1.807, 2.05) is 13.8 Å². The highest BCUT2D eigenvalue weighted by molar-refractivity contribution is 6.22. The molecule has 0 bridgehead atoms. The molecule has 13 heavy (non-hydrogen) atoms. The van der Waals surface area contributed by atoms with Crippen molar-refractivity contribution in [3.63, 3.8) is 0 Å². The van der Waals surface area contributed by atoms with Crippen molar-refractivity contribution < 1.29 is 13.9 Å². The summed E-state index contributed by atoms with van der Waals surface area (Å²) in [5, 5.41) is -0.717. The largest absolute Gasteiger partial charge is 0.427 e. The number of carbonyl (C=O) groups excluding carboxylic acids is 1. The average Bonchev–Trinajstić information content (AvgIpc) is 2.49. The summed E-state index contributed by atoms with van der Waals surface area (Å²) in [4.78, 5) is 11.3. The van der Waals surface area contributed by atoms with Gasteiger partial charge in [-0.1, -0.05) is 13.8 Å². The summed E-state index contributed by atoms with van der Waals surface area (Å²) in [5.41, 5.74) is -0.201. The van der Waals surface area contributed by atoms with Gasteiger partial charge in [0.2, 0.25) is 0 Å². The minimum absolute atomic E-state index is 0.0783. The summed E-state index contributed by atoms with van der Waals surface area (Å²) in [5.74, 6) is -2.74. The van der Waals surface area contributed by atoms with E-state index in [4.69, 9.17) is 11.6 Å². The Hall–Kier alpha value is -0.310. The molecular formula is C9H12ClFO2. The van der Waals surface area contributed by atoms with E-state index >= 15 is 0 Å². The number of rotatable bonds is 0. The number of cyclic esters (lactones) is 1. The number of ether oxygens (including phenoxy) is 1. The molecule has 1 saturated heterocycles. The predicted octanol–water partition coefficient (Wildman–Crippen LogP) is 2.11. The van der Waals surface area contributed by atoms with Gasteiger partial charge < -0.3 is 4.74 Å². The number of esters is 1. The maximum Gasteiger partial charge on any atom is 0.312 e. The van der Waals surface area contributed by atoms with Crippen LogP contribution in [-0.2, 0) is 9.53 Å². The first kappa shape index (κ1) is 9.25. The van der Waals surface area contributed by atoms with Crippen molar-refractivity contribution in [3.05, 3.63) is 0 Å². The molecule has 2 rings (SSSR count). The Kier molecular flexibility index (Phi) is 1.56. The van der Waals surface area contributed by atoms with E-state index in [0.29, 0.717) is 0 Å². The second kappa shape index (κ2) is 2.19. The second-order valence-corrected chi connectivity index (χ2v) is 5.10. The monoisotopic (exact) mass is 206 g/mol. The van der Waals surface area contributed by atoms with Crippen molar-refractivity contribution in [2.75, 3.05) is 0 Å². The van der Waals surface area contributed by atoms with Crippen molar-refractivity contribution >= 4 is 17.6 Å². The molecule has 0 N–H and O–H groups in total. The van der Waals surface area contributed by atoms with E-state index in [1.54, 1.807) is 0 Å². The first-order valence-corrected chi connectivity index (χ1v) is 4.78. The minimum atomic E-state index is -2.01. The zero-order valence-corrected chi connectivity index (χ0v) is 8.56. The topological polar surface area (TPSA) is 26.3 Å². The van der Waals surface area contributed by atoms with Crippen LogP contribution in [0, 0.1) is 17.3 Å². The molecule has 4 atom stereocenters. The molecule has 2 aliphatic rings. The lowest BCUT2D eigenvalue weighted by atomic mass is 10.0. The van der Waals surface area contributed by atoms with Crippen LogP contribution in [0.1, 0.15) is 20.8 Å². The lowest BCUT2D eigenvalue weighted by Gasteiger charge is -2.29. The number of alkyl halides is 2. The van der Waals surface area contributed by atoms with Crippen LogP contribution in [0.25, 0.3) is 0 Å². The highest BCUT2D eigenvalue weighted by atomic mass is 35.5. The zero-order valence-electron chi connectivity index (χ0n) is 7.80. The third kappa shape index (κ3) is 1.03. The molecule has 0 aromatic rings. The van der Waals surface area contributed by atoms with Crippen LogP contribution >= 0.6 is 11.6 Å². The number of hydrogen-bond acceptors (Lipinski definition) is 2. The Morgan fingerprint density at radius 2 is 2.00 bits per heavy atom. The molecule has 1 aliphatic heterocycles. The molecule has 1 heterocycles. The predicted molar refractivity (Wildman–Crippen MR) is 46.0 cm³/mol. The standard InChI is InChI=1S/C9H12ClFO2/c1-8(2)4-5(8)7(12)13-9(3,11)6(4)10/h4-6H,1-3H3. The Morgan fingerprint density at radius 1 is 1.46 bits per heavy atom. The first-order chi connectivity index (χ1) is 5.78. The summed E-state index contributed by atoms with van der Waals surface area (Å²) >= 11 is 5.90. The second-order valence-electron chi connectivity index (χ2n) is 4.63. The molecule has 0 spiro atoms. The maximum atomic E-state index is 13.6. The van der Waals surface area contributed by atoms with Gasteiger partial charge in [0.15, 0.2) is 0 Å². The minimum Gasteiger partial charge on any atom is -0.427 e. The van der Waals surface area contributed by atoms with E-state index in [0.717, 1.165) is 0 Å². The first-order valence-electron chi connectivity index (χ1n) is 4.34. The summed E-state index contributed by atoms with van der Waals surface area (Å²) in [6.45, 7) is 5.05. The van der Waals surface area contributed by atoms with Gasteiger partial charge in [-0.3, -0.25) is 4.79 Å². The van der Waals surface area contributed by atoms with Crippen LogP contribution in [-0.4, -0.2) is 17.2 Å². The van der Waals surface area contributed by atoms with Gasteiger partial charge >= 0.3 is 5.97 Å². The fraction of sp³-hybridized carbons (Fsp3) is 0.889. The van der Waals surface area contributed by atoms with Crippen LogP contribution in [0.3, 0.4) is 0 Å². The molecule has 0 amide bonds. The highest BCUT2D eigenvalue weighted by Crippen LogP contribution is 2.66. The Morgan fingerprint density at radius 3 is 2.54 bits per heavy atom. The van der Waals surface area contributed by atoms with Crippen LogP contribution < -0.4 is 0 Å². The fourth-order valence-electron chi connectivity index (χ4n) is 2.31. The molecule has 0 aromatic carbocycles. The summed E-state index contributed by atoms with van der Waals surface area (Å²) < 4.78 is 18.2. The van der Waals surface area contributed by atoms with Gasteiger partial charge in [-0.05, 0) is 5.41 Å². The molecule has 4 heteroatoms. The van der Waals surface area contributed by atoms with Gasteiger partial charge in [0.1, 0.15) is 5.38 Å². The molecular weight excluding hydrogens is 195 g/mol. The normalized spacial score (nSPS) is 52.4. The number of carbonyl (C=O) groups is 1. The lowest BCUT2D eigenvalue weighted by molar-refractivity contribution is -0.188. The van der Waals surface area contributed by atoms with E-state index in [-0.39, 0.29) is 17.3 Å². The molecule has 2 fully saturated rings. The van der Waals surface area contributed by atoms with Crippen LogP contribution in [0.5, 0.6) is 0 Å². The molecule has 4 unspecified atom stereocenters. The van der Waals surface area contributed by atoms with E-state index in [1.165, 1.54) is 6.92 Å². The quantitative estimate of drug-likeness (QED) is 0.448. The molecule has 0 radical (unpaired) electrons. The Labute approximate surface area is 81.4 Å². The molecule has 74 valence electrons. The molecule has 2 nitrogen and oxygen atoms in total. The van der Waals surface area contributed by atoms with Crippen molar-refractivity contribution in [2.24, 2.45) is 17.3 Å². The number of fused-ring (bicyclic) bond motifs is 1. The fourth-order valence-corrected chi connectivity index (χ4v) is 2.83. The smallest absolute Gasteiger partial charge is 0.312 e. The zero-order chi connectivity index (χ0) is 10.0. The number of hydrogen-bond donors (Lipinski definition) is 0. The average molecular weight is 207 g/mol. The Bertz CT molecular complexity index is 275. The Balaban J connectivity index is 2.30. The van der Waals surface area contributed by atoms with Gasteiger partial charge in [0.05, 0.1) is 5.92 Å². The number of halogens is 2. The highest BCUT2D eigenvalue weighted by Gasteiger charge is 2.72. The maximum absolute atomic E-state index is 13.6. The van der Waals surface area contributed by atoms with Crippen molar-refractivity contribution in [1.82, 2.24) is 0 Å². The van der Waals surface area contributed by atoms with Crippen LogP contribution in [0.2, 0.25) is 0 Å². The summed E-state index contributed by atoms with van der Waals surface area (Å²) in [6.07, 6.45) is 0. The van der Waals surface area contributed by atoms with E-state index in [2.05, 4.69) is 4.74 Å². The van der Waals surface area contributed by atoms with Crippen molar-refractivity contribution in [2.45, 2.75) is 32.0 Å². The van der Waals surface area contributed by atoms with E-state index in [9.17, 15) is 9.18 Å². The van der Waals surface area contributed by atoms with Gasteiger partial charge in [-0.15, -0.1) is 11.6 Å². The van der Waals surface area contributed by atoms with Crippen LogP contribution in [0.15, 0.2) is 0 Å². The third-order valence-electron chi connectivity index (χ3n) is 3.27. The van der Waals surface area contributed by atoms with Gasteiger partial charge in [-0.25, -0.2) is 0 Å².